The molecule has 0 aliphatic carbocycles. The van der Waals surface area contributed by atoms with Gasteiger partial charge in [-0.25, -0.2) is 28.0 Å². The number of carbonyl (C=O) groups is 2. The largest absolute Gasteiger partial charge is 0.493 e. The van der Waals surface area contributed by atoms with Crippen molar-refractivity contribution >= 4 is 39.3 Å². The number of aryl methyl sites for hydroxylation is 1. The molecule has 13 heteroatoms. The van der Waals surface area contributed by atoms with Gasteiger partial charge in [-0.3, -0.25) is 4.90 Å². The number of carboxylic acids is 2. The van der Waals surface area contributed by atoms with Gasteiger partial charge in [-0.15, -0.1) is 0 Å². The van der Waals surface area contributed by atoms with Crippen LogP contribution in [0, 0.1) is 0 Å². The first-order valence-electron chi connectivity index (χ1n) is 12.7. The average Bonchev–Trinajstić information content (AvgIpc) is 2.89. The molecule has 1 fully saturated rings. The summed E-state index contributed by atoms with van der Waals surface area (Å²) in [6.45, 7) is 10.3. The lowest BCUT2D eigenvalue weighted by Crippen LogP contribution is -2.50. The van der Waals surface area contributed by atoms with Crippen LogP contribution in [-0.4, -0.2) is 90.5 Å². The van der Waals surface area contributed by atoms with Crippen molar-refractivity contribution in [1.82, 2.24) is 14.9 Å². The van der Waals surface area contributed by atoms with Gasteiger partial charge in [0.1, 0.15) is 5.75 Å². The Labute approximate surface area is 234 Å². The molecule has 1 aliphatic heterocycles. The maximum absolute atomic E-state index is 11.8. The summed E-state index contributed by atoms with van der Waals surface area (Å²) in [4.78, 5) is 32.0. The summed E-state index contributed by atoms with van der Waals surface area (Å²) in [5, 5.41) is 14.6. The fourth-order valence-corrected chi connectivity index (χ4v) is 5.05. The van der Waals surface area contributed by atoms with Crippen molar-refractivity contribution in [2.45, 2.75) is 51.3 Å². The van der Waals surface area contributed by atoms with Crippen LogP contribution in [-0.2, 0) is 25.8 Å². The van der Waals surface area contributed by atoms with Crippen LogP contribution in [0.1, 0.15) is 50.0 Å². The zero-order chi connectivity index (χ0) is 29.2. The van der Waals surface area contributed by atoms with Crippen molar-refractivity contribution < 1.29 is 33.0 Å². The Hall–Kier alpha value is -2.96. The summed E-state index contributed by atoms with van der Waals surface area (Å²) in [5.74, 6) is -2.17. The third-order valence-electron chi connectivity index (χ3n) is 6.49. The smallest absolute Gasteiger partial charge is 0.414 e. The third kappa shape index (κ3) is 10.3. The number of hydrogen-bond donors (Lipinski definition) is 2. The molecule has 0 amide bonds. The van der Waals surface area contributed by atoms with Gasteiger partial charge in [0, 0.05) is 55.9 Å². The van der Waals surface area contributed by atoms with Crippen LogP contribution in [0.3, 0.4) is 0 Å². The molecule has 39 heavy (non-hydrogen) atoms. The lowest BCUT2D eigenvalue weighted by Gasteiger charge is -2.38. The molecule has 1 aliphatic rings. The molecule has 1 saturated heterocycles. The predicted octanol–water partition coefficient (Wildman–Crippen LogP) is 3.32. The number of piperazine rings is 1. The van der Waals surface area contributed by atoms with Gasteiger partial charge in [-0.2, -0.15) is 0 Å². The molecule has 1 aromatic heterocycles. The molecule has 0 spiro atoms. The number of aliphatic carboxylic acids is 2. The van der Waals surface area contributed by atoms with E-state index in [9.17, 15) is 8.42 Å². The SMILES string of the molecule is CCCc1cnc(N2CCN(C(C)CCOc3ccc(C(C)S(C)(=O)=O)c(Cl)c3)CC2)nc1.O=C(O)C(=O)O. The molecule has 1 aromatic carbocycles. The van der Waals surface area contributed by atoms with Crippen LogP contribution in [0.5, 0.6) is 5.75 Å². The average molecular weight is 585 g/mol. The molecular formula is C26H37ClN4O7S. The Morgan fingerprint density at radius 3 is 2.15 bits per heavy atom. The van der Waals surface area contributed by atoms with Crippen molar-refractivity contribution in [1.29, 1.82) is 0 Å². The molecule has 216 valence electrons. The van der Waals surface area contributed by atoms with E-state index in [1.54, 1.807) is 25.1 Å². The van der Waals surface area contributed by atoms with Gasteiger partial charge in [0.25, 0.3) is 0 Å². The number of nitrogens with zero attached hydrogens (tertiary/aromatic N) is 4. The van der Waals surface area contributed by atoms with E-state index in [0.717, 1.165) is 51.4 Å². The fraction of sp³-hybridized carbons (Fsp3) is 0.538. The number of halogens is 1. The van der Waals surface area contributed by atoms with E-state index >= 15 is 0 Å². The van der Waals surface area contributed by atoms with Crippen LogP contribution in [0.25, 0.3) is 0 Å². The van der Waals surface area contributed by atoms with E-state index < -0.39 is 27.0 Å². The van der Waals surface area contributed by atoms with Crippen LogP contribution < -0.4 is 9.64 Å². The number of anilines is 1. The monoisotopic (exact) mass is 584 g/mol. The van der Waals surface area contributed by atoms with E-state index in [4.69, 9.17) is 36.1 Å². The lowest BCUT2D eigenvalue weighted by molar-refractivity contribution is -0.159. The highest BCUT2D eigenvalue weighted by Gasteiger charge is 2.23. The van der Waals surface area contributed by atoms with E-state index in [1.165, 1.54) is 11.8 Å². The second kappa shape index (κ2) is 15.0. The zero-order valence-corrected chi connectivity index (χ0v) is 24.3. The lowest BCUT2D eigenvalue weighted by atomic mass is 10.1. The number of benzene rings is 1. The number of hydrogen-bond acceptors (Lipinski definition) is 9. The minimum absolute atomic E-state index is 0.389. The van der Waals surface area contributed by atoms with Crippen molar-refractivity contribution in [2.24, 2.45) is 0 Å². The summed E-state index contributed by atoms with van der Waals surface area (Å²) in [6.07, 6.45) is 8.11. The normalized spacial score (nSPS) is 15.6. The van der Waals surface area contributed by atoms with Crippen LogP contribution in [0.2, 0.25) is 5.02 Å². The van der Waals surface area contributed by atoms with Crippen LogP contribution in [0.15, 0.2) is 30.6 Å². The van der Waals surface area contributed by atoms with E-state index in [-0.39, 0.29) is 0 Å². The van der Waals surface area contributed by atoms with Gasteiger partial charge in [0.2, 0.25) is 5.95 Å². The topological polar surface area (TPSA) is 150 Å². The molecule has 2 N–H and O–H groups in total. The summed E-state index contributed by atoms with van der Waals surface area (Å²) >= 11 is 6.31. The van der Waals surface area contributed by atoms with Gasteiger partial charge < -0.3 is 19.8 Å². The molecule has 2 heterocycles. The van der Waals surface area contributed by atoms with Gasteiger partial charge >= 0.3 is 11.9 Å². The Balaban J connectivity index is 0.000000798. The highest BCUT2D eigenvalue weighted by molar-refractivity contribution is 7.90. The Morgan fingerprint density at radius 2 is 1.67 bits per heavy atom. The van der Waals surface area contributed by atoms with Crippen LogP contribution in [0.4, 0.5) is 5.95 Å². The van der Waals surface area contributed by atoms with E-state index in [1.807, 2.05) is 12.4 Å². The fourth-order valence-electron chi connectivity index (χ4n) is 3.98. The van der Waals surface area contributed by atoms with Crippen molar-refractivity contribution in [3.8, 4) is 5.75 Å². The van der Waals surface area contributed by atoms with Gasteiger partial charge in [0.05, 0.1) is 11.9 Å². The summed E-state index contributed by atoms with van der Waals surface area (Å²) in [5.41, 5.74) is 1.79. The molecule has 3 rings (SSSR count). The van der Waals surface area contributed by atoms with Crippen molar-refractivity contribution in [3.05, 3.63) is 46.7 Å². The summed E-state index contributed by atoms with van der Waals surface area (Å²) < 4.78 is 29.5. The number of rotatable bonds is 10. The second-order valence-electron chi connectivity index (χ2n) is 9.42. The Kier molecular flexibility index (Phi) is 12.4. The first-order valence-corrected chi connectivity index (χ1v) is 15.0. The van der Waals surface area contributed by atoms with Gasteiger partial charge in [-0.05, 0) is 49.9 Å². The molecule has 0 radical (unpaired) electrons. The summed E-state index contributed by atoms with van der Waals surface area (Å²) in [7, 11) is -3.20. The first kappa shape index (κ1) is 32.3. The maximum atomic E-state index is 11.8. The minimum Gasteiger partial charge on any atom is -0.493 e. The van der Waals surface area contributed by atoms with Gasteiger partial charge in [0.15, 0.2) is 9.84 Å². The Bertz CT molecular complexity index is 1190. The highest BCUT2D eigenvalue weighted by atomic mass is 35.5. The number of carboxylic acid groups (broad SMARTS) is 2. The van der Waals surface area contributed by atoms with Crippen LogP contribution >= 0.6 is 11.6 Å². The molecular weight excluding hydrogens is 548 g/mol. The second-order valence-corrected chi connectivity index (χ2v) is 12.2. The van der Waals surface area contributed by atoms with E-state index in [0.29, 0.717) is 29.0 Å². The zero-order valence-electron chi connectivity index (χ0n) is 22.7. The third-order valence-corrected chi connectivity index (χ3v) is 8.36. The molecule has 11 nitrogen and oxygen atoms in total. The van der Waals surface area contributed by atoms with Crippen molar-refractivity contribution in [2.75, 3.05) is 43.9 Å². The number of sulfone groups is 1. The number of ether oxygens (including phenoxy) is 1. The Morgan fingerprint density at radius 1 is 1.08 bits per heavy atom. The standard InChI is InChI=1S/C24H35ClN4O3S.C2H2O4/c1-5-6-20-16-26-24(27-17-20)29-12-10-28(11-13-29)18(2)9-14-32-21-7-8-22(23(25)15-21)19(3)33(4,30)31;3-1(4)2(5)6/h7-8,15-19H,5-6,9-14H2,1-4H3;(H,3,4)(H,5,6). The maximum Gasteiger partial charge on any atom is 0.414 e. The van der Waals surface area contributed by atoms with Crippen molar-refractivity contribution in [3.63, 3.8) is 0 Å². The quantitative estimate of drug-likeness (QED) is 0.396. The van der Waals surface area contributed by atoms with Gasteiger partial charge in [-0.1, -0.05) is 31.0 Å². The predicted molar refractivity (Wildman–Crippen MR) is 149 cm³/mol. The molecule has 0 saturated carbocycles. The van der Waals surface area contributed by atoms with E-state index in [2.05, 4.69) is 33.6 Å². The molecule has 2 unspecified atom stereocenters. The highest BCUT2D eigenvalue weighted by Crippen LogP contribution is 2.31. The first-order chi connectivity index (χ1) is 18.3. The summed E-state index contributed by atoms with van der Waals surface area (Å²) in [6, 6.07) is 5.62. The minimum atomic E-state index is -3.20. The molecule has 2 aromatic rings. The molecule has 0 bridgehead atoms. The molecule has 2 atom stereocenters. The number of aromatic nitrogens is 2.